The number of aliphatic hydroxyl groups excluding tert-OH is 1. The van der Waals surface area contributed by atoms with Crippen molar-refractivity contribution < 1.29 is 5.11 Å². The monoisotopic (exact) mass is 216 g/mol. The Labute approximate surface area is 89.7 Å². The lowest BCUT2D eigenvalue weighted by atomic mass is 10.1. The molecular weight excluding hydrogens is 200 g/mol. The molecule has 1 N–H and O–H groups in total. The first-order chi connectivity index (χ1) is 6.61. The Morgan fingerprint density at radius 2 is 2.14 bits per heavy atom. The van der Waals surface area contributed by atoms with Gasteiger partial charge < -0.3 is 5.11 Å². The number of aryl methyl sites for hydroxylation is 1. The van der Waals surface area contributed by atoms with Crippen molar-refractivity contribution in [1.82, 2.24) is 9.78 Å². The summed E-state index contributed by atoms with van der Waals surface area (Å²) in [5.41, 5.74) is 1.68. The summed E-state index contributed by atoms with van der Waals surface area (Å²) in [4.78, 5) is 0. The van der Waals surface area contributed by atoms with E-state index in [0.29, 0.717) is 11.1 Å². The Morgan fingerprint density at radius 3 is 2.50 bits per heavy atom. The van der Waals surface area contributed by atoms with E-state index in [9.17, 15) is 5.11 Å². The Morgan fingerprint density at radius 1 is 1.50 bits per heavy atom. The maximum atomic E-state index is 9.19. The fourth-order valence-electron chi connectivity index (χ4n) is 1.47. The van der Waals surface area contributed by atoms with Gasteiger partial charge >= 0.3 is 0 Å². The molecule has 0 unspecified atom stereocenters. The summed E-state index contributed by atoms with van der Waals surface area (Å²) in [5.74, 6) is 0.299. The van der Waals surface area contributed by atoms with Crippen LogP contribution in [0.5, 0.6) is 0 Å². The van der Waals surface area contributed by atoms with Crippen molar-refractivity contribution in [1.29, 1.82) is 0 Å². The first-order valence-corrected chi connectivity index (χ1v) is 5.35. The molecule has 0 saturated heterocycles. The fraction of sp³-hybridized carbons (Fsp3) is 0.700. The third kappa shape index (κ3) is 2.10. The zero-order chi connectivity index (χ0) is 10.7. The van der Waals surface area contributed by atoms with Crippen LogP contribution in [0.3, 0.4) is 0 Å². The van der Waals surface area contributed by atoms with Crippen molar-refractivity contribution >= 4 is 11.6 Å². The Balaban J connectivity index is 3.11. The van der Waals surface area contributed by atoms with E-state index in [1.807, 2.05) is 13.8 Å². The molecule has 1 rings (SSSR count). The van der Waals surface area contributed by atoms with Gasteiger partial charge in [-0.05, 0) is 12.3 Å². The second-order valence-electron chi connectivity index (χ2n) is 3.69. The average molecular weight is 217 g/mol. The van der Waals surface area contributed by atoms with Gasteiger partial charge in [-0.1, -0.05) is 32.4 Å². The van der Waals surface area contributed by atoms with Gasteiger partial charge in [0.1, 0.15) is 5.15 Å². The van der Waals surface area contributed by atoms with Crippen LogP contribution in [0.2, 0.25) is 5.15 Å². The van der Waals surface area contributed by atoms with Crippen LogP contribution in [0.1, 0.15) is 44.4 Å². The summed E-state index contributed by atoms with van der Waals surface area (Å²) >= 11 is 6.09. The van der Waals surface area contributed by atoms with Gasteiger partial charge in [0, 0.05) is 12.1 Å². The van der Waals surface area contributed by atoms with Crippen molar-refractivity contribution in [3.05, 3.63) is 16.4 Å². The highest BCUT2D eigenvalue weighted by molar-refractivity contribution is 6.30. The molecule has 4 heteroatoms. The molecule has 1 aromatic heterocycles. The van der Waals surface area contributed by atoms with Gasteiger partial charge in [0.25, 0.3) is 0 Å². The van der Waals surface area contributed by atoms with Crippen LogP contribution < -0.4 is 0 Å². The number of hydrogen-bond acceptors (Lipinski definition) is 2. The lowest BCUT2D eigenvalue weighted by Gasteiger charge is -2.01. The van der Waals surface area contributed by atoms with Gasteiger partial charge in [-0.3, -0.25) is 4.68 Å². The van der Waals surface area contributed by atoms with Gasteiger partial charge in [-0.2, -0.15) is 5.10 Å². The number of aliphatic hydroxyl groups is 1. The van der Waals surface area contributed by atoms with Crippen molar-refractivity contribution in [2.45, 2.75) is 46.3 Å². The average Bonchev–Trinajstić information content (AvgIpc) is 2.44. The highest BCUT2D eigenvalue weighted by Gasteiger charge is 2.17. The Kier molecular flexibility index (Phi) is 3.96. The molecule has 80 valence electrons. The standard InChI is InChI=1S/C10H17ClN2O/c1-4-5-13-10(11)8(6-14)9(12-13)7(2)3/h7,14H,4-6H2,1-3H3. The van der Waals surface area contributed by atoms with Gasteiger partial charge in [0.15, 0.2) is 0 Å². The van der Waals surface area contributed by atoms with Crippen LogP contribution in [0.4, 0.5) is 0 Å². The van der Waals surface area contributed by atoms with E-state index in [4.69, 9.17) is 11.6 Å². The van der Waals surface area contributed by atoms with Gasteiger partial charge in [0.2, 0.25) is 0 Å². The first kappa shape index (κ1) is 11.5. The minimum absolute atomic E-state index is 0.0317. The van der Waals surface area contributed by atoms with E-state index < -0.39 is 0 Å². The maximum absolute atomic E-state index is 9.19. The molecule has 1 aromatic rings. The molecule has 0 aromatic carbocycles. The number of halogens is 1. The van der Waals surface area contributed by atoms with Crippen LogP contribution in [0.15, 0.2) is 0 Å². The van der Waals surface area contributed by atoms with E-state index in [2.05, 4.69) is 12.0 Å². The molecule has 0 bridgehead atoms. The summed E-state index contributed by atoms with van der Waals surface area (Å²) in [6.45, 7) is 6.95. The quantitative estimate of drug-likeness (QED) is 0.840. The van der Waals surface area contributed by atoms with Crippen molar-refractivity contribution in [2.75, 3.05) is 0 Å². The lowest BCUT2D eigenvalue weighted by molar-refractivity contribution is 0.280. The van der Waals surface area contributed by atoms with Crippen molar-refractivity contribution in [2.24, 2.45) is 0 Å². The van der Waals surface area contributed by atoms with E-state index >= 15 is 0 Å². The molecule has 0 atom stereocenters. The van der Waals surface area contributed by atoms with E-state index in [0.717, 1.165) is 24.2 Å². The van der Waals surface area contributed by atoms with E-state index in [-0.39, 0.29) is 6.61 Å². The van der Waals surface area contributed by atoms with Gasteiger partial charge in [-0.15, -0.1) is 0 Å². The van der Waals surface area contributed by atoms with Crippen LogP contribution >= 0.6 is 11.6 Å². The SMILES string of the molecule is CCCn1nc(C(C)C)c(CO)c1Cl. The second kappa shape index (κ2) is 4.80. The normalized spacial score (nSPS) is 11.3. The zero-order valence-corrected chi connectivity index (χ0v) is 9.67. The summed E-state index contributed by atoms with van der Waals surface area (Å²) in [5, 5.41) is 14.2. The maximum Gasteiger partial charge on any atom is 0.132 e. The highest BCUT2D eigenvalue weighted by Crippen LogP contribution is 2.25. The lowest BCUT2D eigenvalue weighted by Crippen LogP contribution is -2.00. The second-order valence-corrected chi connectivity index (χ2v) is 4.05. The molecule has 0 aliphatic heterocycles. The third-order valence-electron chi connectivity index (χ3n) is 2.15. The molecule has 0 aliphatic rings. The van der Waals surface area contributed by atoms with Crippen LogP contribution in [-0.4, -0.2) is 14.9 Å². The molecule has 0 fully saturated rings. The summed E-state index contributed by atoms with van der Waals surface area (Å²) in [6.07, 6.45) is 0.990. The third-order valence-corrected chi connectivity index (χ3v) is 2.58. The van der Waals surface area contributed by atoms with Crippen LogP contribution in [0.25, 0.3) is 0 Å². The Bertz CT molecular complexity index is 307. The van der Waals surface area contributed by atoms with Crippen molar-refractivity contribution in [3.8, 4) is 0 Å². The number of rotatable bonds is 4. The molecule has 0 saturated carbocycles. The highest BCUT2D eigenvalue weighted by atomic mass is 35.5. The number of aromatic nitrogens is 2. The first-order valence-electron chi connectivity index (χ1n) is 4.97. The predicted octanol–water partition coefficient (Wildman–Crippen LogP) is 2.56. The molecule has 0 aliphatic carbocycles. The van der Waals surface area contributed by atoms with E-state index in [1.54, 1.807) is 4.68 Å². The zero-order valence-electron chi connectivity index (χ0n) is 8.92. The molecule has 14 heavy (non-hydrogen) atoms. The molecule has 3 nitrogen and oxygen atoms in total. The smallest absolute Gasteiger partial charge is 0.132 e. The minimum Gasteiger partial charge on any atom is -0.391 e. The summed E-state index contributed by atoms with van der Waals surface area (Å²) in [6, 6.07) is 0. The Hall–Kier alpha value is -0.540. The van der Waals surface area contributed by atoms with Gasteiger partial charge in [-0.25, -0.2) is 0 Å². The topological polar surface area (TPSA) is 38.0 Å². The largest absolute Gasteiger partial charge is 0.391 e. The van der Waals surface area contributed by atoms with Crippen molar-refractivity contribution in [3.63, 3.8) is 0 Å². The fourth-order valence-corrected chi connectivity index (χ4v) is 1.74. The predicted molar refractivity (Wildman–Crippen MR) is 57.5 cm³/mol. The van der Waals surface area contributed by atoms with Gasteiger partial charge in [0.05, 0.1) is 12.3 Å². The summed E-state index contributed by atoms with van der Waals surface area (Å²) in [7, 11) is 0. The molecular formula is C10H17ClN2O. The molecule has 1 heterocycles. The van der Waals surface area contributed by atoms with Crippen LogP contribution in [0, 0.1) is 0 Å². The number of nitrogens with zero attached hydrogens (tertiary/aromatic N) is 2. The molecule has 0 amide bonds. The summed E-state index contributed by atoms with van der Waals surface area (Å²) < 4.78 is 1.77. The van der Waals surface area contributed by atoms with E-state index in [1.165, 1.54) is 0 Å². The minimum atomic E-state index is -0.0317. The van der Waals surface area contributed by atoms with Crippen LogP contribution in [-0.2, 0) is 13.2 Å². The molecule has 0 radical (unpaired) electrons. The number of hydrogen-bond donors (Lipinski definition) is 1. The molecule has 0 spiro atoms.